The molecule has 2 atom stereocenters. The van der Waals surface area contributed by atoms with E-state index in [2.05, 4.69) is 5.32 Å². The van der Waals surface area contributed by atoms with Gasteiger partial charge in [-0.2, -0.15) is 23.5 Å². The van der Waals surface area contributed by atoms with Crippen molar-refractivity contribution in [2.45, 2.75) is 11.4 Å². The molecular formula is C14H16F2N2OS2. The molecule has 0 aromatic heterocycles. The number of thioether (sulfide) groups is 2. The Labute approximate surface area is 130 Å². The lowest BCUT2D eigenvalue weighted by atomic mass is 10.1. The van der Waals surface area contributed by atoms with E-state index < -0.39 is 11.6 Å². The molecule has 0 radical (unpaired) electrons. The van der Waals surface area contributed by atoms with Crippen LogP contribution in [0.2, 0.25) is 0 Å². The lowest BCUT2D eigenvalue weighted by Gasteiger charge is -2.30. The zero-order valence-electron chi connectivity index (χ0n) is 11.4. The van der Waals surface area contributed by atoms with Crippen LogP contribution < -0.4 is 5.32 Å². The van der Waals surface area contributed by atoms with Crippen LogP contribution in [-0.4, -0.2) is 46.4 Å². The maximum Gasteiger partial charge on any atom is 0.238 e. The average molecular weight is 330 g/mol. The molecular weight excluding hydrogens is 314 g/mol. The standard InChI is InChI=1S/C14H16F2N2OS2/c15-11-2-1-9(5-12(11)16)14-17-6-13(19)18(14)7-10-8-20-3-4-21-10/h1-2,5,10,14,17H,3-4,6-8H2. The van der Waals surface area contributed by atoms with Gasteiger partial charge in [-0.3, -0.25) is 10.1 Å². The van der Waals surface area contributed by atoms with Crippen LogP contribution in [0.4, 0.5) is 8.78 Å². The first-order valence-corrected chi connectivity index (χ1v) is 9.02. The Morgan fingerprint density at radius 1 is 1.29 bits per heavy atom. The van der Waals surface area contributed by atoms with Crippen molar-refractivity contribution in [2.75, 3.05) is 30.3 Å². The summed E-state index contributed by atoms with van der Waals surface area (Å²) in [5.74, 6) is 1.55. The van der Waals surface area contributed by atoms with E-state index in [4.69, 9.17) is 0 Å². The van der Waals surface area contributed by atoms with E-state index in [1.165, 1.54) is 12.1 Å². The summed E-state index contributed by atoms with van der Waals surface area (Å²) in [5, 5.41) is 3.48. The topological polar surface area (TPSA) is 32.3 Å². The number of carbonyl (C=O) groups excluding carboxylic acids is 1. The zero-order chi connectivity index (χ0) is 14.8. The minimum Gasteiger partial charge on any atom is -0.321 e. The number of amides is 1. The summed E-state index contributed by atoms with van der Waals surface area (Å²) in [6.45, 7) is 0.890. The van der Waals surface area contributed by atoms with Gasteiger partial charge in [0.15, 0.2) is 11.6 Å². The molecule has 1 N–H and O–H groups in total. The number of nitrogens with one attached hydrogen (secondary N) is 1. The van der Waals surface area contributed by atoms with E-state index in [1.807, 2.05) is 23.5 Å². The van der Waals surface area contributed by atoms with Gasteiger partial charge in [-0.1, -0.05) is 6.07 Å². The van der Waals surface area contributed by atoms with Crippen molar-refractivity contribution in [1.29, 1.82) is 0 Å². The van der Waals surface area contributed by atoms with Crippen molar-refractivity contribution in [3.63, 3.8) is 0 Å². The van der Waals surface area contributed by atoms with Gasteiger partial charge in [0, 0.05) is 29.1 Å². The highest BCUT2D eigenvalue weighted by Crippen LogP contribution is 2.29. The third kappa shape index (κ3) is 3.35. The van der Waals surface area contributed by atoms with Gasteiger partial charge in [-0.25, -0.2) is 8.78 Å². The highest BCUT2D eigenvalue weighted by molar-refractivity contribution is 8.06. The lowest BCUT2D eigenvalue weighted by Crippen LogP contribution is -2.37. The number of nitrogens with zero attached hydrogens (tertiary/aromatic N) is 1. The van der Waals surface area contributed by atoms with Crippen LogP contribution in [-0.2, 0) is 4.79 Å². The first kappa shape index (κ1) is 15.1. The molecule has 2 unspecified atom stereocenters. The fourth-order valence-corrected chi connectivity index (χ4v) is 5.25. The quantitative estimate of drug-likeness (QED) is 0.921. The molecule has 2 aliphatic rings. The van der Waals surface area contributed by atoms with Crippen molar-refractivity contribution in [1.82, 2.24) is 10.2 Å². The summed E-state index contributed by atoms with van der Waals surface area (Å²) in [5.41, 5.74) is 0.591. The number of hydrogen-bond acceptors (Lipinski definition) is 4. The first-order valence-electron chi connectivity index (χ1n) is 6.82. The Bertz CT molecular complexity index is 538. The summed E-state index contributed by atoms with van der Waals surface area (Å²) < 4.78 is 26.5. The van der Waals surface area contributed by atoms with Crippen molar-refractivity contribution in [3.8, 4) is 0 Å². The number of carbonyl (C=O) groups is 1. The molecule has 7 heteroatoms. The molecule has 2 aliphatic heterocycles. The largest absolute Gasteiger partial charge is 0.321 e. The smallest absolute Gasteiger partial charge is 0.238 e. The molecule has 0 aliphatic carbocycles. The van der Waals surface area contributed by atoms with Gasteiger partial charge in [0.1, 0.15) is 6.17 Å². The predicted octanol–water partition coefficient (Wildman–Crippen LogP) is 2.24. The van der Waals surface area contributed by atoms with Crippen LogP contribution in [0, 0.1) is 11.6 Å². The Kier molecular flexibility index (Phi) is 4.71. The molecule has 1 aromatic rings. The van der Waals surface area contributed by atoms with Crippen LogP contribution in [0.1, 0.15) is 11.7 Å². The van der Waals surface area contributed by atoms with E-state index in [0.29, 0.717) is 17.4 Å². The van der Waals surface area contributed by atoms with Crippen LogP contribution in [0.15, 0.2) is 18.2 Å². The number of halogens is 2. The van der Waals surface area contributed by atoms with Gasteiger partial charge < -0.3 is 4.90 Å². The van der Waals surface area contributed by atoms with Crippen molar-refractivity contribution < 1.29 is 13.6 Å². The van der Waals surface area contributed by atoms with Crippen LogP contribution in [0.25, 0.3) is 0 Å². The molecule has 2 saturated heterocycles. The summed E-state index contributed by atoms with van der Waals surface area (Å²) >= 11 is 3.78. The minimum atomic E-state index is -0.879. The van der Waals surface area contributed by atoms with E-state index >= 15 is 0 Å². The fourth-order valence-electron chi connectivity index (χ4n) is 2.59. The highest BCUT2D eigenvalue weighted by atomic mass is 32.2. The molecule has 21 heavy (non-hydrogen) atoms. The Morgan fingerprint density at radius 2 is 2.14 bits per heavy atom. The average Bonchev–Trinajstić information content (AvgIpc) is 2.85. The van der Waals surface area contributed by atoms with Crippen molar-refractivity contribution >= 4 is 29.4 Å². The molecule has 2 heterocycles. The fraction of sp³-hybridized carbons (Fsp3) is 0.500. The van der Waals surface area contributed by atoms with E-state index in [9.17, 15) is 13.6 Å². The van der Waals surface area contributed by atoms with E-state index in [-0.39, 0.29) is 18.6 Å². The van der Waals surface area contributed by atoms with Crippen LogP contribution in [0.5, 0.6) is 0 Å². The minimum absolute atomic E-state index is 0.0147. The van der Waals surface area contributed by atoms with Gasteiger partial charge in [-0.15, -0.1) is 0 Å². The van der Waals surface area contributed by atoms with Gasteiger partial charge in [0.25, 0.3) is 0 Å². The van der Waals surface area contributed by atoms with Crippen molar-refractivity contribution in [2.24, 2.45) is 0 Å². The lowest BCUT2D eigenvalue weighted by molar-refractivity contribution is -0.128. The van der Waals surface area contributed by atoms with Gasteiger partial charge in [0.2, 0.25) is 5.91 Å². The normalized spacial score (nSPS) is 26.4. The summed E-state index contributed by atoms with van der Waals surface area (Å²) in [6.07, 6.45) is -0.361. The molecule has 0 spiro atoms. The number of benzene rings is 1. The maximum absolute atomic E-state index is 13.4. The van der Waals surface area contributed by atoms with Crippen LogP contribution >= 0.6 is 23.5 Å². The summed E-state index contributed by atoms with van der Waals surface area (Å²) in [4.78, 5) is 13.8. The van der Waals surface area contributed by atoms with E-state index in [1.54, 1.807) is 4.90 Å². The summed E-state index contributed by atoms with van der Waals surface area (Å²) in [6, 6.07) is 3.81. The summed E-state index contributed by atoms with van der Waals surface area (Å²) in [7, 11) is 0. The second kappa shape index (κ2) is 6.54. The number of rotatable bonds is 3. The highest BCUT2D eigenvalue weighted by Gasteiger charge is 2.34. The van der Waals surface area contributed by atoms with Gasteiger partial charge >= 0.3 is 0 Å². The Morgan fingerprint density at radius 3 is 2.86 bits per heavy atom. The predicted molar refractivity (Wildman–Crippen MR) is 82.4 cm³/mol. The molecule has 114 valence electrons. The second-order valence-electron chi connectivity index (χ2n) is 5.07. The Balaban J connectivity index is 1.76. The molecule has 1 amide bonds. The van der Waals surface area contributed by atoms with E-state index in [0.717, 1.165) is 23.3 Å². The third-order valence-electron chi connectivity index (χ3n) is 3.62. The van der Waals surface area contributed by atoms with Crippen molar-refractivity contribution in [3.05, 3.63) is 35.4 Å². The van der Waals surface area contributed by atoms with Gasteiger partial charge in [-0.05, 0) is 17.7 Å². The first-order chi connectivity index (χ1) is 10.1. The SMILES string of the molecule is O=C1CNC(c2ccc(F)c(F)c2)N1CC1CSCCS1. The molecule has 3 rings (SSSR count). The molecule has 3 nitrogen and oxygen atoms in total. The molecule has 0 saturated carbocycles. The molecule has 2 fully saturated rings. The Hall–Kier alpha value is -0.790. The monoisotopic (exact) mass is 330 g/mol. The van der Waals surface area contributed by atoms with Gasteiger partial charge in [0.05, 0.1) is 6.54 Å². The molecule has 1 aromatic carbocycles. The zero-order valence-corrected chi connectivity index (χ0v) is 13.0. The maximum atomic E-state index is 13.4. The molecule has 0 bridgehead atoms. The second-order valence-corrected chi connectivity index (χ2v) is 7.63. The third-order valence-corrected chi connectivity index (χ3v) is 6.45. The number of hydrogen-bond donors (Lipinski definition) is 1. The van der Waals surface area contributed by atoms with Crippen LogP contribution in [0.3, 0.4) is 0 Å².